The number of carbonyl (C=O) groups is 1. The zero-order valence-electron chi connectivity index (χ0n) is 16.2. The number of aromatic nitrogens is 4. The van der Waals surface area contributed by atoms with Crippen molar-refractivity contribution in [2.45, 2.75) is 56.5 Å². The number of hydrogen-bond acceptors (Lipinski definition) is 5. The third-order valence-electron chi connectivity index (χ3n) is 5.33. The van der Waals surface area contributed by atoms with Crippen LogP contribution in [0.4, 0.5) is 0 Å². The fourth-order valence-corrected chi connectivity index (χ4v) is 5.03. The first kappa shape index (κ1) is 18.5. The first-order valence-corrected chi connectivity index (χ1v) is 10.7. The fourth-order valence-electron chi connectivity index (χ4n) is 4.03. The average molecular weight is 386 g/mol. The van der Waals surface area contributed by atoms with Crippen LogP contribution in [0.15, 0.2) is 29.7 Å². The SMILES string of the molecule is CC1CC(C)CN(C(=O)C(C)Sc2nnc(-c3ccncc3)n2C2CC2)C1. The van der Waals surface area contributed by atoms with Gasteiger partial charge in [-0.3, -0.25) is 14.3 Å². The molecule has 7 heteroatoms. The van der Waals surface area contributed by atoms with Crippen LogP contribution in [-0.2, 0) is 4.79 Å². The van der Waals surface area contributed by atoms with Gasteiger partial charge >= 0.3 is 0 Å². The molecular formula is C20H27N5OS. The van der Waals surface area contributed by atoms with Crippen molar-refractivity contribution in [3.8, 4) is 11.4 Å². The molecule has 0 aromatic carbocycles. The van der Waals surface area contributed by atoms with E-state index in [4.69, 9.17) is 0 Å². The molecule has 0 spiro atoms. The molecule has 1 aliphatic carbocycles. The minimum atomic E-state index is -0.158. The number of hydrogen-bond donors (Lipinski definition) is 0. The first-order valence-electron chi connectivity index (χ1n) is 9.83. The van der Waals surface area contributed by atoms with Crippen molar-refractivity contribution < 1.29 is 4.79 Å². The zero-order valence-corrected chi connectivity index (χ0v) is 17.0. The van der Waals surface area contributed by atoms with E-state index in [1.807, 2.05) is 24.0 Å². The summed E-state index contributed by atoms with van der Waals surface area (Å²) in [6.07, 6.45) is 7.05. The lowest BCUT2D eigenvalue weighted by Gasteiger charge is -2.36. The summed E-state index contributed by atoms with van der Waals surface area (Å²) >= 11 is 1.54. The van der Waals surface area contributed by atoms with Crippen LogP contribution in [0.5, 0.6) is 0 Å². The maximum Gasteiger partial charge on any atom is 0.235 e. The van der Waals surface area contributed by atoms with Gasteiger partial charge in [0.15, 0.2) is 11.0 Å². The van der Waals surface area contributed by atoms with Crippen LogP contribution in [-0.4, -0.2) is 48.9 Å². The molecule has 1 saturated heterocycles. The van der Waals surface area contributed by atoms with Crippen LogP contribution in [0.3, 0.4) is 0 Å². The summed E-state index contributed by atoms with van der Waals surface area (Å²) < 4.78 is 2.21. The predicted molar refractivity (Wildman–Crippen MR) is 106 cm³/mol. The molecule has 2 aromatic heterocycles. The van der Waals surface area contributed by atoms with Crippen LogP contribution in [0, 0.1) is 11.8 Å². The molecular weight excluding hydrogens is 358 g/mol. The molecule has 4 rings (SSSR count). The van der Waals surface area contributed by atoms with Gasteiger partial charge in [0.05, 0.1) is 5.25 Å². The van der Waals surface area contributed by atoms with Crippen molar-refractivity contribution in [1.29, 1.82) is 0 Å². The number of rotatable bonds is 5. The number of nitrogens with zero attached hydrogens (tertiary/aromatic N) is 5. The quantitative estimate of drug-likeness (QED) is 0.735. The van der Waals surface area contributed by atoms with Gasteiger partial charge in [-0.05, 0) is 50.2 Å². The predicted octanol–water partition coefficient (Wildman–Crippen LogP) is 3.66. The van der Waals surface area contributed by atoms with Gasteiger partial charge in [-0.25, -0.2) is 0 Å². The normalized spacial score (nSPS) is 24.0. The second-order valence-corrected chi connectivity index (χ2v) is 9.40. The summed E-state index contributed by atoms with van der Waals surface area (Å²) in [5.74, 6) is 2.24. The third kappa shape index (κ3) is 4.03. The van der Waals surface area contributed by atoms with Gasteiger partial charge in [-0.1, -0.05) is 25.6 Å². The standard InChI is InChI=1S/C20H27N5OS/c1-13-10-14(2)12-24(11-13)19(26)15(3)27-20-23-22-18(25(20)17-4-5-17)16-6-8-21-9-7-16/h6-9,13-15,17H,4-5,10-12H2,1-3H3. The van der Waals surface area contributed by atoms with Gasteiger partial charge in [0.1, 0.15) is 0 Å². The van der Waals surface area contributed by atoms with E-state index in [9.17, 15) is 4.79 Å². The van der Waals surface area contributed by atoms with Crippen molar-refractivity contribution >= 4 is 17.7 Å². The Labute approximate surface area is 164 Å². The lowest BCUT2D eigenvalue weighted by Crippen LogP contribution is -2.45. The molecule has 1 amide bonds. The number of likely N-dealkylation sites (tertiary alicyclic amines) is 1. The van der Waals surface area contributed by atoms with E-state index >= 15 is 0 Å². The van der Waals surface area contributed by atoms with Crippen molar-refractivity contribution in [2.75, 3.05) is 13.1 Å². The Morgan fingerprint density at radius 3 is 2.44 bits per heavy atom. The molecule has 2 aromatic rings. The van der Waals surface area contributed by atoms with E-state index in [-0.39, 0.29) is 11.2 Å². The molecule has 3 atom stereocenters. The second kappa shape index (κ2) is 7.62. The highest BCUT2D eigenvalue weighted by atomic mass is 32.2. The summed E-state index contributed by atoms with van der Waals surface area (Å²) in [6.45, 7) is 8.20. The summed E-state index contributed by atoms with van der Waals surface area (Å²) in [5.41, 5.74) is 1.02. The van der Waals surface area contributed by atoms with E-state index < -0.39 is 0 Å². The summed E-state index contributed by atoms with van der Waals surface area (Å²) in [7, 11) is 0. The van der Waals surface area contributed by atoms with Crippen LogP contribution >= 0.6 is 11.8 Å². The Hall–Kier alpha value is -1.89. The van der Waals surface area contributed by atoms with Gasteiger partial charge in [0, 0.05) is 37.1 Å². The van der Waals surface area contributed by atoms with Crippen molar-refractivity contribution in [1.82, 2.24) is 24.6 Å². The molecule has 0 N–H and O–H groups in total. The van der Waals surface area contributed by atoms with E-state index in [1.165, 1.54) is 6.42 Å². The van der Waals surface area contributed by atoms with E-state index in [0.29, 0.717) is 17.9 Å². The molecule has 1 saturated carbocycles. The molecule has 3 heterocycles. The Balaban J connectivity index is 1.52. The number of pyridine rings is 1. The zero-order chi connectivity index (χ0) is 19.0. The maximum atomic E-state index is 13.0. The fraction of sp³-hybridized carbons (Fsp3) is 0.600. The molecule has 2 aliphatic rings. The van der Waals surface area contributed by atoms with Gasteiger partial charge in [0.2, 0.25) is 5.91 Å². The molecule has 3 unspecified atom stereocenters. The van der Waals surface area contributed by atoms with Gasteiger partial charge in [-0.2, -0.15) is 0 Å². The van der Waals surface area contributed by atoms with Crippen LogP contribution in [0.2, 0.25) is 0 Å². The summed E-state index contributed by atoms with van der Waals surface area (Å²) in [6, 6.07) is 4.37. The second-order valence-electron chi connectivity index (χ2n) is 8.09. The number of piperidine rings is 1. The average Bonchev–Trinajstić information content (AvgIpc) is 3.41. The van der Waals surface area contributed by atoms with Gasteiger partial charge in [-0.15, -0.1) is 10.2 Å². The lowest BCUT2D eigenvalue weighted by molar-refractivity contribution is -0.132. The number of thioether (sulfide) groups is 1. The van der Waals surface area contributed by atoms with Crippen LogP contribution < -0.4 is 0 Å². The topological polar surface area (TPSA) is 63.9 Å². The highest BCUT2D eigenvalue weighted by molar-refractivity contribution is 8.00. The highest BCUT2D eigenvalue weighted by Gasteiger charge is 2.33. The molecule has 6 nitrogen and oxygen atoms in total. The van der Waals surface area contributed by atoms with E-state index in [0.717, 1.165) is 42.5 Å². The van der Waals surface area contributed by atoms with Crippen LogP contribution in [0.1, 0.15) is 46.1 Å². The number of carbonyl (C=O) groups excluding carboxylic acids is 1. The molecule has 2 fully saturated rings. The van der Waals surface area contributed by atoms with Crippen molar-refractivity contribution in [2.24, 2.45) is 11.8 Å². The smallest absolute Gasteiger partial charge is 0.235 e. The summed E-state index contributed by atoms with van der Waals surface area (Å²) in [4.78, 5) is 19.1. The largest absolute Gasteiger partial charge is 0.341 e. The van der Waals surface area contributed by atoms with Crippen molar-refractivity contribution in [3.63, 3.8) is 0 Å². The summed E-state index contributed by atoms with van der Waals surface area (Å²) in [5, 5.41) is 9.56. The van der Waals surface area contributed by atoms with Crippen LogP contribution in [0.25, 0.3) is 11.4 Å². The number of amides is 1. The Kier molecular flexibility index (Phi) is 5.21. The monoisotopic (exact) mass is 385 g/mol. The molecule has 1 aliphatic heterocycles. The Morgan fingerprint density at radius 2 is 1.81 bits per heavy atom. The minimum absolute atomic E-state index is 0.158. The molecule has 144 valence electrons. The highest BCUT2D eigenvalue weighted by Crippen LogP contribution is 2.41. The Bertz CT molecular complexity index is 794. The minimum Gasteiger partial charge on any atom is -0.341 e. The van der Waals surface area contributed by atoms with E-state index in [2.05, 4.69) is 33.6 Å². The van der Waals surface area contributed by atoms with Gasteiger partial charge in [0.25, 0.3) is 0 Å². The van der Waals surface area contributed by atoms with Crippen molar-refractivity contribution in [3.05, 3.63) is 24.5 Å². The molecule has 27 heavy (non-hydrogen) atoms. The van der Waals surface area contributed by atoms with Gasteiger partial charge < -0.3 is 4.90 Å². The molecule has 0 radical (unpaired) electrons. The lowest BCUT2D eigenvalue weighted by atomic mass is 9.92. The Morgan fingerprint density at radius 1 is 1.15 bits per heavy atom. The first-order chi connectivity index (χ1) is 13.0. The van der Waals surface area contributed by atoms with E-state index in [1.54, 1.807) is 24.2 Å². The molecule has 0 bridgehead atoms. The maximum absolute atomic E-state index is 13.0. The third-order valence-corrected chi connectivity index (χ3v) is 6.37.